The van der Waals surface area contributed by atoms with Crippen molar-refractivity contribution in [1.29, 1.82) is 0 Å². The van der Waals surface area contributed by atoms with E-state index in [1.165, 1.54) is 12.1 Å². The lowest BCUT2D eigenvalue weighted by molar-refractivity contribution is 0.184. The van der Waals surface area contributed by atoms with Gasteiger partial charge in [0.15, 0.2) is 0 Å². The van der Waals surface area contributed by atoms with E-state index in [0.717, 1.165) is 36.3 Å². The Kier molecular flexibility index (Phi) is 5.05. The molecule has 1 heterocycles. The van der Waals surface area contributed by atoms with Gasteiger partial charge in [0.25, 0.3) is 4.84 Å². The average molecular weight is 385 g/mol. The van der Waals surface area contributed by atoms with E-state index in [-0.39, 0.29) is 5.82 Å². The molecule has 140 valence electrons. The summed E-state index contributed by atoms with van der Waals surface area (Å²) in [4.78, 5) is 2.63. The third kappa shape index (κ3) is 4.26. The molecule has 5 nitrogen and oxygen atoms in total. The zero-order valence-electron chi connectivity index (χ0n) is 15.0. The number of benzene rings is 2. The van der Waals surface area contributed by atoms with Gasteiger partial charge in [-0.2, -0.15) is 0 Å². The van der Waals surface area contributed by atoms with Gasteiger partial charge in [0, 0.05) is 18.2 Å². The van der Waals surface area contributed by atoms with E-state index in [2.05, 4.69) is 10.00 Å². The van der Waals surface area contributed by atoms with Gasteiger partial charge < -0.3 is 9.15 Å². The van der Waals surface area contributed by atoms with Crippen LogP contribution in [0.2, 0.25) is 0 Å². The fourth-order valence-electron chi connectivity index (χ4n) is 2.98. The molecule has 3 aromatic rings. The van der Waals surface area contributed by atoms with Crippen molar-refractivity contribution >= 4 is 12.2 Å². The van der Waals surface area contributed by atoms with E-state index in [0.29, 0.717) is 23.4 Å². The van der Waals surface area contributed by atoms with Gasteiger partial charge in [0.05, 0.1) is 13.8 Å². The van der Waals surface area contributed by atoms with E-state index in [1.54, 1.807) is 11.8 Å². The van der Waals surface area contributed by atoms with E-state index < -0.39 is 0 Å². The molecule has 0 atom stereocenters. The predicted molar refractivity (Wildman–Crippen MR) is 102 cm³/mol. The normalized spacial score (nSPS) is 13.9. The minimum Gasteiger partial charge on any atom is -0.497 e. The second kappa shape index (κ2) is 7.62. The molecule has 1 aliphatic carbocycles. The van der Waals surface area contributed by atoms with Crippen LogP contribution in [-0.2, 0) is 13.2 Å². The third-order valence-electron chi connectivity index (χ3n) is 4.62. The van der Waals surface area contributed by atoms with Gasteiger partial charge in [-0.05, 0) is 67.0 Å². The Hall–Kier alpha value is -2.51. The molecular formula is C20H20FN3O2S. The summed E-state index contributed by atoms with van der Waals surface area (Å²) >= 11 is 5.36. The average Bonchev–Trinajstić information content (AvgIpc) is 3.47. The van der Waals surface area contributed by atoms with E-state index >= 15 is 0 Å². The largest absolute Gasteiger partial charge is 0.497 e. The molecule has 1 aromatic heterocycles. The van der Waals surface area contributed by atoms with Crippen LogP contribution in [0, 0.1) is 10.7 Å². The Labute approximate surface area is 162 Å². The first-order valence-corrected chi connectivity index (χ1v) is 9.24. The van der Waals surface area contributed by atoms with Crippen LogP contribution in [0.5, 0.6) is 5.75 Å². The first-order valence-electron chi connectivity index (χ1n) is 8.83. The van der Waals surface area contributed by atoms with Crippen LogP contribution in [0.1, 0.15) is 18.4 Å². The number of hydrogen-bond donors (Lipinski definition) is 0. The number of ether oxygens (including phenoxy) is 1. The molecular weight excluding hydrogens is 365 g/mol. The Balaban J connectivity index is 1.52. The summed E-state index contributed by atoms with van der Waals surface area (Å²) in [5.41, 5.74) is 1.91. The van der Waals surface area contributed by atoms with Crippen molar-refractivity contribution in [1.82, 2.24) is 14.7 Å². The van der Waals surface area contributed by atoms with Gasteiger partial charge in [0.1, 0.15) is 11.6 Å². The fraction of sp³-hybridized carbons (Fsp3) is 0.300. The predicted octanol–water partition coefficient (Wildman–Crippen LogP) is 4.64. The minimum atomic E-state index is -0.223. The molecule has 27 heavy (non-hydrogen) atoms. The molecule has 0 spiro atoms. The highest BCUT2D eigenvalue weighted by Crippen LogP contribution is 2.29. The quantitative estimate of drug-likeness (QED) is 0.554. The van der Waals surface area contributed by atoms with Gasteiger partial charge in [-0.1, -0.05) is 12.1 Å². The molecule has 1 fully saturated rings. The number of hydrogen-bond acceptors (Lipinski definition) is 5. The summed E-state index contributed by atoms with van der Waals surface area (Å²) in [6.45, 7) is 1.26. The number of aromatic nitrogens is 2. The first kappa shape index (κ1) is 17.9. The van der Waals surface area contributed by atoms with Crippen molar-refractivity contribution in [3.63, 3.8) is 0 Å². The number of rotatable bonds is 7. The molecule has 0 saturated heterocycles. The van der Waals surface area contributed by atoms with E-state index in [4.69, 9.17) is 21.4 Å². The second-order valence-electron chi connectivity index (χ2n) is 6.65. The molecule has 4 rings (SSSR count). The molecule has 0 bridgehead atoms. The molecule has 0 aliphatic heterocycles. The molecule has 0 radical (unpaired) electrons. The van der Waals surface area contributed by atoms with E-state index in [9.17, 15) is 4.39 Å². The van der Waals surface area contributed by atoms with Crippen molar-refractivity contribution in [2.45, 2.75) is 32.1 Å². The van der Waals surface area contributed by atoms with Crippen LogP contribution >= 0.6 is 12.2 Å². The second-order valence-corrected chi connectivity index (χ2v) is 7.00. The third-order valence-corrected chi connectivity index (χ3v) is 4.92. The lowest BCUT2D eigenvalue weighted by Crippen LogP contribution is -2.28. The monoisotopic (exact) mass is 385 g/mol. The summed E-state index contributed by atoms with van der Waals surface area (Å²) in [7, 11) is 1.63. The topological polar surface area (TPSA) is 43.4 Å². The Bertz CT molecular complexity index is 962. The van der Waals surface area contributed by atoms with Crippen molar-refractivity contribution in [2.75, 3.05) is 7.11 Å². The van der Waals surface area contributed by atoms with Crippen LogP contribution in [0.15, 0.2) is 52.9 Å². The van der Waals surface area contributed by atoms with Crippen LogP contribution in [0.4, 0.5) is 4.39 Å². The molecule has 0 amide bonds. The first-order chi connectivity index (χ1) is 13.1. The van der Waals surface area contributed by atoms with Crippen molar-refractivity contribution in [3.8, 4) is 17.2 Å². The number of halogens is 1. The van der Waals surface area contributed by atoms with Gasteiger partial charge in [-0.3, -0.25) is 4.90 Å². The van der Waals surface area contributed by atoms with Gasteiger partial charge in [-0.15, -0.1) is 5.10 Å². The van der Waals surface area contributed by atoms with Gasteiger partial charge in [0.2, 0.25) is 5.89 Å². The number of nitrogens with zero attached hydrogens (tertiary/aromatic N) is 3. The lowest BCUT2D eigenvalue weighted by Gasteiger charge is -2.21. The Morgan fingerprint density at radius 1 is 1.19 bits per heavy atom. The van der Waals surface area contributed by atoms with Gasteiger partial charge >= 0.3 is 0 Å². The van der Waals surface area contributed by atoms with Crippen LogP contribution in [0.3, 0.4) is 0 Å². The maximum atomic E-state index is 13.1. The minimum absolute atomic E-state index is 0.223. The van der Waals surface area contributed by atoms with Crippen LogP contribution < -0.4 is 4.74 Å². The highest BCUT2D eigenvalue weighted by Gasteiger charge is 2.29. The maximum absolute atomic E-state index is 13.1. The lowest BCUT2D eigenvalue weighted by atomic mass is 10.2. The molecule has 1 aliphatic rings. The SMILES string of the molecule is COc1ccc(-c2nn(CN(Cc3ccc(F)cc3)C3CC3)c(=S)o2)cc1. The molecule has 0 N–H and O–H groups in total. The standard InChI is InChI=1S/C20H20FN3O2S/c1-25-18-10-4-15(5-11-18)19-22-24(20(27)26-19)13-23(17-8-9-17)12-14-2-6-16(21)7-3-14/h2-7,10-11,17H,8-9,12-13H2,1H3. The zero-order valence-corrected chi connectivity index (χ0v) is 15.8. The summed E-state index contributed by atoms with van der Waals surface area (Å²) in [5, 5.41) is 4.54. The van der Waals surface area contributed by atoms with E-state index in [1.807, 2.05) is 36.4 Å². The fourth-order valence-corrected chi connectivity index (χ4v) is 3.15. The molecule has 0 unspecified atom stereocenters. The highest BCUT2D eigenvalue weighted by atomic mass is 32.1. The summed E-state index contributed by atoms with van der Waals surface area (Å²) in [6.07, 6.45) is 2.30. The maximum Gasteiger partial charge on any atom is 0.288 e. The summed E-state index contributed by atoms with van der Waals surface area (Å²) in [5.74, 6) is 1.04. The van der Waals surface area contributed by atoms with Crippen molar-refractivity contribution in [3.05, 3.63) is 64.7 Å². The highest BCUT2D eigenvalue weighted by molar-refractivity contribution is 7.71. The van der Waals surface area contributed by atoms with Crippen molar-refractivity contribution in [2.24, 2.45) is 0 Å². The number of methoxy groups -OCH3 is 1. The zero-order chi connectivity index (χ0) is 18.8. The summed E-state index contributed by atoms with van der Waals surface area (Å²) < 4.78 is 25.7. The smallest absolute Gasteiger partial charge is 0.288 e. The van der Waals surface area contributed by atoms with Gasteiger partial charge in [-0.25, -0.2) is 9.07 Å². The van der Waals surface area contributed by atoms with Crippen LogP contribution in [0.25, 0.3) is 11.5 Å². The molecule has 1 saturated carbocycles. The molecule has 7 heteroatoms. The van der Waals surface area contributed by atoms with Crippen molar-refractivity contribution < 1.29 is 13.5 Å². The Morgan fingerprint density at radius 3 is 2.52 bits per heavy atom. The summed E-state index contributed by atoms with van der Waals surface area (Å²) in [6, 6.07) is 14.6. The Morgan fingerprint density at radius 2 is 1.89 bits per heavy atom. The molecule has 2 aromatic carbocycles. The van der Waals surface area contributed by atoms with Crippen LogP contribution in [-0.4, -0.2) is 27.8 Å².